The second kappa shape index (κ2) is 7.70. The lowest BCUT2D eigenvalue weighted by Crippen LogP contribution is -2.41. The lowest BCUT2D eigenvalue weighted by molar-refractivity contribution is -0.186. The van der Waals surface area contributed by atoms with Crippen LogP contribution in [0, 0.1) is 0 Å². The van der Waals surface area contributed by atoms with E-state index in [1.54, 1.807) is 12.1 Å². The Kier molecular flexibility index (Phi) is 5.98. The number of primary sulfonamides is 1. The molecule has 2 N–H and O–H groups in total. The van der Waals surface area contributed by atoms with Crippen LogP contribution in [0.5, 0.6) is 0 Å². The molecule has 2 saturated heterocycles. The SMILES string of the molecule is CC(OC1CCCCO1)c1cc(S(N)(=O)=O)ccc1B1OC(C)(C)C(C)(C)O1. The molecule has 9 heteroatoms. The Hall–Kier alpha value is -0.965. The fraction of sp³-hybridized carbons (Fsp3) is 0.684. The van der Waals surface area contributed by atoms with Crippen LogP contribution in [0.3, 0.4) is 0 Å². The Morgan fingerprint density at radius 2 is 1.82 bits per heavy atom. The van der Waals surface area contributed by atoms with Gasteiger partial charge in [-0.3, -0.25) is 0 Å². The van der Waals surface area contributed by atoms with Crippen LogP contribution in [-0.4, -0.2) is 39.6 Å². The highest BCUT2D eigenvalue weighted by Crippen LogP contribution is 2.37. The van der Waals surface area contributed by atoms with Gasteiger partial charge in [-0.05, 0) is 77.0 Å². The first-order valence-corrected chi connectivity index (χ1v) is 11.2. The third kappa shape index (κ3) is 4.45. The summed E-state index contributed by atoms with van der Waals surface area (Å²) >= 11 is 0. The predicted octanol–water partition coefficient (Wildman–Crippen LogP) is 2.24. The van der Waals surface area contributed by atoms with Crippen molar-refractivity contribution in [3.05, 3.63) is 23.8 Å². The van der Waals surface area contributed by atoms with E-state index < -0.39 is 34.4 Å². The fourth-order valence-corrected chi connectivity index (χ4v) is 3.93. The first kappa shape index (κ1) is 21.7. The lowest BCUT2D eigenvalue weighted by atomic mass is 9.75. The summed E-state index contributed by atoms with van der Waals surface area (Å²) in [5.74, 6) is 0. The standard InChI is InChI=1S/C19H30BNO6S/c1-13(25-17-8-6-7-11-24-17)15-12-14(28(21,22)23)9-10-16(15)20-26-18(2,3)19(4,5)27-20/h9-10,12-13,17H,6-8,11H2,1-5H3,(H2,21,22,23). The quantitative estimate of drug-likeness (QED) is 0.747. The van der Waals surface area contributed by atoms with E-state index in [0.29, 0.717) is 12.2 Å². The van der Waals surface area contributed by atoms with Crippen molar-refractivity contribution in [2.45, 2.75) is 82.4 Å². The average molecular weight is 411 g/mol. The average Bonchev–Trinajstić information content (AvgIpc) is 2.82. The molecular weight excluding hydrogens is 381 g/mol. The summed E-state index contributed by atoms with van der Waals surface area (Å²) in [7, 11) is -4.48. The van der Waals surface area contributed by atoms with Crippen LogP contribution in [0.4, 0.5) is 0 Å². The zero-order chi connectivity index (χ0) is 20.7. The molecule has 0 spiro atoms. The van der Waals surface area contributed by atoms with E-state index in [1.165, 1.54) is 6.07 Å². The topological polar surface area (TPSA) is 97.1 Å². The zero-order valence-corrected chi connectivity index (χ0v) is 18.0. The molecule has 2 atom stereocenters. The molecule has 2 unspecified atom stereocenters. The van der Waals surface area contributed by atoms with Crippen molar-refractivity contribution in [1.82, 2.24) is 0 Å². The molecule has 2 aliphatic heterocycles. The number of hydrogen-bond acceptors (Lipinski definition) is 6. The van der Waals surface area contributed by atoms with E-state index in [2.05, 4.69) is 0 Å². The number of sulfonamides is 1. The third-order valence-electron chi connectivity index (χ3n) is 5.83. The largest absolute Gasteiger partial charge is 0.495 e. The molecule has 2 fully saturated rings. The molecular formula is C19H30BNO6S. The summed E-state index contributed by atoms with van der Waals surface area (Å²) in [5.41, 5.74) is 0.377. The predicted molar refractivity (Wildman–Crippen MR) is 107 cm³/mol. The first-order chi connectivity index (χ1) is 12.9. The zero-order valence-electron chi connectivity index (χ0n) is 17.2. The number of ether oxygens (including phenoxy) is 2. The second-order valence-corrected chi connectivity index (χ2v) is 10.1. The molecule has 0 aromatic heterocycles. The molecule has 0 bridgehead atoms. The van der Waals surface area contributed by atoms with Crippen LogP contribution in [0.25, 0.3) is 0 Å². The van der Waals surface area contributed by atoms with Crippen LogP contribution in [0.2, 0.25) is 0 Å². The van der Waals surface area contributed by atoms with E-state index in [0.717, 1.165) is 24.7 Å². The summed E-state index contributed by atoms with van der Waals surface area (Å²) in [6.45, 7) is 10.4. The fourth-order valence-electron chi connectivity index (χ4n) is 3.39. The van der Waals surface area contributed by atoms with Gasteiger partial charge in [0.05, 0.1) is 22.2 Å². The van der Waals surface area contributed by atoms with Crippen molar-refractivity contribution >= 4 is 22.6 Å². The van der Waals surface area contributed by atoms with Crippen molar-refractivity contribution < 1.29 is 27.2 Å². The molecule has 7 nitrogen and oxygen atoms in total. The second-order valence-electron chi connectivity index (χ2n) is 8.50. The van der Waals surface area contributed by atoms with Crippen molar-refractivity contribution in [3.8, 4) is 0 Å². The van der Waals surface area contributed by atoms with Crippen molar-refractivity contribution in [2.75, 3.05) is 6.61 Å². The Morgan fingerprint density at radius 1 is 1.18 bits per heavy atom. The van der Waals surface area contributed by atoms with Gasteiger partial charge >= 0.3 is 7.12 Å². The summed E-state index contributed by atoms with van der Waals surface area (Å²) < 4.78 is 47.9. The molecule has 28 heavy (non-hydrogen) atoms. The van der Waals surface area contributed by atoms with Crippen molar-refractivity contribution in [1.29, 1.82) is 0 Å². The van der Waals surface area contributed by atoms with Crippen molar-refractivity contribution in [2.24, 2.45) is 5.14 Å². The minimum atomic E-state index is -3.85. The van der Waals surface area contributed by atoms with Crippen molar-refractivity contribution in [3.63, 3.8) is 0 Å². The van der Waals surface area contributed by atoms with Gasteiger partial charge in [0, 0.05) is 6.61 Å². The molecule has 0 aliphatic carbocycles. The molecule has 156 valence electrons. The van der Waals surface area contributed by atoms with Crippen LogP contribution in [-0.2, 0) is 28.8 Å². The molecule has 1 aromatic carbocycles. The highest BCUT2D eigenvalue weighted by Gasteiger charge is 2.52. The number of nitrogens with two attached hydrogens (primary N) is 1. The maximum atomic E-state index is 11.9. The maximum absolute atomic E-state index is 11.9. The Balaban J connectivity index is 1.95. The number of benzene rings is 1. The smallest absolute Gasteiger partial charge is 0.399 e. The van der Waals surface area contributed by atoms with Gasteiger partial charge < -0.3 is 18.8 Å². The molecule has 0 radical (unpaired) electrons. The lowest BCUT2D eigenvalue weighted by Gasteiger charge is -2.32. The number of hydrogen-bond donors (Lipinski definition) is 1. The van der Waals surface area contributed by atoms with E-state index in [9.17, 15) is 8.42 Å². The molecule has 1 aromatic rings. The number of rotatable bonds is 5. The van der Waals surface area contributed by atoms with E-state index in [4.69, 9.17) is 23.9 Å². The van der Waals surface area contributed by atoms with Gasteiger partial charge in [-0.15, -0.1) is 0 Å². The van der Waals surface area contributed by atoms with Gasteiger partial charge in [0.2, 0.25) is 10.0 Å². The van der Waals surface area contributed by atoms with E-state index in [1.807, 2.05) is 34.6 Å². The van der Waals surface area contributed by atoms with Gasteiger partial charge in [0.1, 0.15) is 0 Å². The maximum Gasteiger partial charge on any atom is 0.495 e. The van der Waals surface area contributed by atoms with Crippen LogP contribution >= 0.6 is 0 Å². The minimum absolute atomic E-state index is 0.0304. The molecule has 3 rings (SSSR count). The van der Waals surface area contributed by atoms with Gasteiger partial charge in [0.25, 0.3) is 0 Å². The Morgan fingerprint density at radius 3 is 2.36 bits per heavy atom. The third-order valence-corrected chi connectivity index (χ3v) is 6.74. The van der Waals surface area contributed by atoms with Gasteiger partial charge in [-0.2, -0.15) is 0 Å². The van der Waals surface area contributed by atoms with Crippen LogP contribution in [0.1, 0.15) is 65.5 Å². The van der Waals surface area contributed by atoms with Crippen LogP contribution < -0.4 is 10.6 Å². The summed E-state index contributed by atoms with van der Waals surface area (Å²) in [6.07, 6.45) is 2.14. The molecule has 2 aliphatic rings. The minimum Gasteiger partial charge on any atom is -0.399 e. The molecule has 0 amide bonds. The van der Waals surface area contributed by atoms with E-state index >= 15 is 0 Å². The van der Waals surface area contributed by atoms with Gasteiger partial charge in [0.15, 0.2) is 6.29 Å². The monoisotopic (exact) mass is 411 g/mol. The summed E-state index contributed by atoms with van der Waals surface area (Å²) in [6, 6.07) is 4.71. The molecule has 2 heterocycles. The van der Waals surface area contributed by atoms with Crippen LogP contribution in [0.15, 0.2) is 23.1 Å². The molecule has 0 saturated carbocycles. The first-order valence-electron chi connectivity index (χ1n) is 9.70. The Bertz CT molecular complexity index is 804. The summed E-state index contributed by atoms with van der Waals surface area (Å²) in [5, 5.41) is 5.34. The highest BCUT2D eigenvalue weighted by atomic mass is 32.2. The Labute approximate surface area is 168 Å². The normalized spacial score (nSPS) is 25.6. The highest BCUT2D eigenvalue weighted by molar-refractivity contribution is 7.89. The van der Waals surface area contributed by atoms with Gasteiger partial charge in [-0.25, -0.2) is 13.6 Å². The van der Waals surface area contributed by atoms with E-state index in [-0.39, 0.29) is 11.2 Å². The van der Waals surface area contributed by atoms with Gasteiger partial charge in [-0.1, -0.05) is 6.07 Å². The summed E-state index contributed by atoms with van der Waals surface area (Å²) in [4.78, 5) is 0.0304.